The Balaban J connectivity index is 2.55. The van der Waals surface area contributed by atoms with Crippen LogP contribution in [0.1, 0.15) is 48.5 Å². The first-order valence-corrected chi connectivity index (χ1v) is 9.53. The lowest BCUT2D eigenvalue weighted by atomic mass is 10.1. The number of carbonyl (C=O) groups excluding carboxylic acids is 1. The van der Waals surface area contributed by atoms with E-state index in [4.69, 9.17) is 4.99 Å². The van der Waals surface area contributed by atoms with Crippen LogP contribution in [0.5, 0.6) is 0 Å². The number of nitrogens with one attached hydrogen (secondary N) is 2. The molecule has 0 aliphatic rings. The van der Waals surface area contributed by atoms with Gasteiger partial charge in [-0.3, -0.25) is 9.79 Å². The average Bonchev–Trinajstić information content (AvgIpc) is 2.66. The van der Waals surface area contributed by atoms with Crippen LogP contribution in [-0.4, -0.2) is 50.5 Å². The molecule has 0 saturated carbocycles. The summed E-state index contributed by atoms with van der Waals surface area (Å²) in [5.74, 6) is 0.888. The fourth-order valence-electron chi connectivity index (χ4n) is 2.69. The van der Waals surface area contributed by atoms with Crippen LogP contribution in [0.25, 0.3) is 0 Å². The van der Waals surface area contributed by atoms with Gasteiger partial charge in [-0.15, -0.1) is 6.58 Å². The topological polar surface area (TPSA) is 56.7 Å². The van der Waals surface area contributed by atoms with E-state index in [9.17, 15) is 4.79 Å². The van der Waals surface area contributed by atoms with Crippen LogP contribution in [0.2, 0.25) is 0 Å². The Morgan fingerprint density at radius 1 is 1.31 bits per heavy atom. The molecule has 0 fully saturated rings. The SMILES string of the molecule is C=CCCCCCN(C)C(=NCCc1cccc(C(=O)NC)c1)NCC. The summed E-state index contributed by atoms with van der Waals surface area (Å²) in [6, 6.07) is 7.73. The minimum Gasteiger partial charge on any atom is -0.357 e. The molecule has 0 spiro atoms. The van der Waals surface area contributed by atoms with E-state index in [-0.39, 0.29) is 5.91 Å². The molecule has 1 rings (SSSR count). The standard InChI is InChI=1S/C21H34N4O/c1-5-7-8-9-10-16-25(4)21(23-6-2)24-15-14-18-12-11-13-19(17-18)20(26)22-3/h5,11-13,17H,1,6-10,14-16H2,2-4H3,(H,22,26)(H,23,24). The van der Waals surface area contributed by atoms with Crippen molar-refractivity contribution in [2.24, 2.45) is 4.99 Å². The number of benzene rings is 1. The lowest BCUT2D eigenvalue weighted by Gasteiger charge is -2.22. The third-order valence-electron chi connectivity index (χ3n) is 4.18. The van der Waals surface area contributed by atoms with Crippen LogP contribution >= 0.6 is 0 Å². The predicted octanol–water partition coefficient (Wildman–Crippen LogP) is 3.23. The molecule has 0 radical (unpaired) electrons. The van der Waals surface area contributed by atoms with E-state index in [1.165, 1.54) is 12.8 Å². The van der Waals surface area contributed by atoms with Crippen LogP contribution < -0.4 is 10.6 Å². The third kappa shape index (κ3) is 8.19. The highest BCUT2D eigenvalue weighted by Crippen LogP contribution is 2.07. The summed E-state index contributed by atoms with van der Waals surface area (Å²) in [6.45, 7) is 8.39. The van der Waals surface area contributed by atoms with E-state index in [0.717, 1.165) is 43.9 Å². The highest BCUT2D eigenvalue weighted by Gasteiger charge is 2.06. The molecule has 0 bridgehead atoms. The van der Waals surface area contributed by atoms with Crippen molar-refractivity contribution in [1.82, 2.24) is 15.5 Å². The summed E-state index contributed by atoms with van der Waals surface area (Å²) in [5.41, 5.74) is 1.82. The highest BCUT2D eigenvalue weighted by molar-refractivity contribution is 5.94. The summed E-state index contributed by atoms with van der Waals surface area (Å²) >= 11 is 0. The zero-order chi connectivity index (χ0) is 19.2. The number of rotatable bonds is 11. The Kier molecular flexibility index (Phi) is 10.9. The molecule has 1 aromatic carbocycles. The predicted molar refractivity (Wildman–Crippen MR) is 111 cm³/mol. The molecule has 5 nitrogen and oxygen atoms in total. The zero-order valence-corrected chi connectivity index (χ0v) is 16.6. The summed E-state index contributed by atoms with van der Waals surface area (Å²) in [7, 11) is 3.73. The van der Waals surface area contributed by atoms with E-state index in [1.807, 2.05) is 30.3 Å². The number of allylic oxidation sites excluding steroid dienone is 1. The Labute approximate surface area is 158 Å². The van der Waals surface area contributed by atoms with Gasteiger partial charge in [-0.25, -0.2) is 0 Å². The minimum absolute atomic E-state index is 0.0557. The molecule has 2 N–H and O–H groups in total. The molecular weight excluding hydrogens is 324 g/mol. The van der Waals surface area contributed by atoms with E-state index in [1.54, 1.807) is 7.05 Å². The van der Waals surface area contributed by atoms with E-state index < -0.39 is 0 Å². The Morgan fingerprint density at radius 3 is 2.81 bits per heavy atom. The molecule has 0 unspecified atom stereocenters. The molecule has 5 heteroatoms. The molecule has 1 amide bonds. The second kappa shape index (κ2) is 13.0. The number of nitrogens with zero attached hydrogens (tertiary/aromatic N) is 2. The van der Waals surface area contributed by atoms with Gasteiger partial charge in [0.25, 0.3) is 5.91 Å². The van der Waals surface area contributed by atoms with Gasteiger partial charge in [-0.05, 0) is 50.3 Å². The van der Waals surface area contributed by atoms with Crippen molar-refractivity contribution in [2.75, 3.05) is 33.7 Å². The van der Waals surface area contributed by atoms with Crippen LogP contribution in [0.4, 0.5) is 0 Å². The maximum atomic E-state index is 11.7. The number of hydrogen-bond donors (Lipinski definition) is 2. The molecule has 0 atom stereocenters. The van der Waals surface area contributed by atoms with Gasteiger partial charge in [0.1, 0.15) is 0 Å². The molecule has 0 aromatic heterocycles. The number of guanidine groups is 1. The van der Waals surface area contributed by atoms with Crippen molar-refractivity contribution in [2.45, 2.75) is 39.0 Å². The van der Waals surface area contributed by atoms with Crippen molar-refractivity contribution in [3.05, 3.63) is 48.0 Å². The first kappa shape index (κ1) is 21.7. The van der Waals surface area contributed by atoms with Crippen molar-refractivity contribution >= 4 is 11.9 Å². The lowest BCUT2D eigenvalue weighted by Crippen LogP contribution is -2.39. The van der Waals surface area contributed by atoms with Crippen LogP contribution in [0.15, 0.2) is 41.9 Å². The van der Waals surface area contributed by atoms with Gasteiger partial charge in [0, 0.05) is 39.3 Å². The molecule has 0 aliphatic heterocycles. The number of aliphatic imine (C=N–C) groups is 1. The van der Waals surface area contributed by atoms with Gasteiger partial charge >= 0.3 is 0 Å². The average molecular weight is 359 g/mol. The van der Waals surface area contributed by atoms with E-state index >= 15 is 0 Å². The Morgan fingerprint density at radius 2 is 2.12 bits per heavy atom. The highest BCUT2D eigenvalue weighted by atomic mass is 16.1. The Bertz CT molecular complexity index is 583. The second-order valence-electron chi connectivity index (χ2n) is 6.32. The van der Waals surface area contributed by atoms with Gasteiger partial charge in [0.2, 0.25) is 0 Å². The normalized spacial score (nSPS) is 11.1. The molecular formula is C21H34N4O. The van der Waals surface area contributed by atoms with Crippen LogP contribution in [-0.2, 0) is 6.42 Å². The Hall–Kier alpha value is -2.30. The molecule has 144 valence electrons. The summed E-state index contributed by atoms with van der Waals surface area (Å²) in [4.78, 5) is 18.7. The largest absolute Gasteiger partial charge is 0.357 e. The van der Waals surface area contributed by atoms with Gasteiger partial charge < -0.3 is 15.5 Å². The number of amides is 1. The first-order chi connectivity index (χ1) is 12.6. The number of unbranched alkanes of at least 4 members (excludes halogenated alkanes) is 3. The quantitative estimate of drug-likeness (QED) is 0.276. The smallest absolute Gasteiger partial charge is 0.251 e. The summed E-state index contributed by atoms with van der Waals surface area (Å²) in [6.07, 6.45) is 7.45. The molecule has 26 heavy (non-hydrogen) atoms. The fraction of sp³-hybridized carbons (Fsp3) is 0.524. The maximum absolute atomic E-state index is 11.7. The van der Waals surface area contributed by atoms with Crippen molar-refractivity contribution < 1.29 is 4.79 Å². The summed E-state index contributed by atoms with van der Waals surface area (Å²) < 4.78 is 0. The molecule has 1 aromatic rings. The van der Waals surface area contributed by atoms with E-state index in [2.05, 4.69) is 36.1 Å². The molecule has 0 saturated heterocycles. The fourth-order valence-corrected chi connectivity index (χ4v) is 2.69. The van der Waals surface area contributed by atoms with Crippen molar-refractivity contribution in [1.29, 1.82) is 0 Å². The first-order valence-electron chi connectivity index (χ1n) is 9.53. The van der Waals surface area contributed by atoms with Crippen LogP contribution in [0, 0.1) is 0 Å². The monoisotopic (exact) mass is 358 g/mol. The van der Waals surface area contributed by atoms with Gasteiger partial charge in [-0.1, -0.05) is 24.6 Å². The number of carbonyl (C=O) groups is 1. The lowest BCUT2D eigenvalue weighted by molar-refractivity contribution is 0.0963. The van der Waals surface area contributed by atoms with E-state index in [0.29, 0.717) is 12.1 Å². The van der Waals surface area contributed by atoms with Gasteiger partial charge in [0.05, 0.1) is 0 Å². The van der Waals surface area contributed by atoms with Crippen LogP contribution in [0.3, 0.4) is 0 Å². The van der Waals surface area contributed by atoms with Crippen molar-refractivity contribution in [3.63, 3.8) is 0 Å². The minimum atomic E-state index is -0.0557. The number of hydrogen-bond acceptors (Lipinski definition) is 2. The third-order valence-corrected chi connectivity index (χ3v) is 4.18. The van der Waals surface area contributed by atoms with Crippen molar-refractivity contribution in [3.8, 4) is 0 Å². The summed E-state index contributed by atoms with van der Waals surface area (Å²) in [5, 5.41) is 6.01. The maximum Gasteiger partial charge on any atom is 0.251 e. The van der Waals surface area contributed by atoms with Gasteiger partial charge in [-0.2, -0.15) is 0 Å². The van der Waals surface area contributed by atoms with Gasteiger partial charge in [0.15, 0.2) is 5.96 Å². The second-order valence-corrected chi connectivity index (χ2v) is 6.32. The molecule has 0 aliphatic carbocycles. The zero-order valence-electron chi connectivity index (χ0n) is 16.6. The molecule has 0 heterocycles.